The molecule has 7 nitrogen and oxygen atoms in total. The largest absolute Gasteiger partial charge is 0.352 e. The molecule has 9 heteroatoms. The second-order valence-corrected chi connectivity index (χ2v) is 14.6. The van der Waals surface area contributed by atoms with Crippen LogP contribution in [0.15, 0.2) is 108 Å². The van der Waals surface area contributed by atoms with Crippen molar-refractivity contribution in [2.24, 2.45) is 0 Å². The average Bonchev–Trinajstić information content (AvgIpc) is 3.06. The van der Waals surface area contributed by atoms with E-state index < -0.39 is 28.5 Å². The highest BCUT2D eigenvalue weighted by Crippen LogP contribution is 2.28. The minimum atomic E-state index is -4.17. The lowest BCUT2D eigenvalue weighted by Gasteiger charge is -2.35. The molecule has 1 aliphatic carbocycles. The van der Waals surface area contributed by atoms with Gasteiger partial charge in [0, 0.05) is 24.0 Å². The van der Waals surface area contributed by atoms with E-state index in [1.54, 1.807) is 36.4 Å². The van der Waals surface area contributed by atoms with Crippen molar-refractivity contribution in [1.29, 1.82) is 0 Å². The minimum Gasteiger partial charge on any atom is -0.352 e. The van der Waals surface area contributed by atoms with Gasteiger partial charge in [-0.1, -0.05) is 104 Å². The van der Waals surface area contributed by atoms with Gasteiger partial charge in [0.15, 0.2) is 0 Å². The van der Waals surface area contributed by atoms with E-state index >= 15 is 0 Å². The Bertz CT molecular complexity index is 1760. The molecule has 2 amide bonds. The molecule has 0 radical (unpaired) electrons. The van der Waals surface area contributed by atoms with Crippen LogP contribution in [0.3, 0.4) is 0 Å². The SMILES string of the molecule is Cc1cc(C)cc(N(CC(=O)N(Cc2ccccc2Cl)[C@H](Cc2ccccc2)C(=O)NC2CCCCC2)S(=O)(=O)c2ccccc2)c1. The van der Waals surface area contributed by atoms with E-state index in [0.717, 1.165) is 53.1 Å². The van der Waals surface area contributed by atoms with Gasteiger partial charge in [-0.25, -0.2) is 8.42 Å². The number of anilines is 1. The predicted octanol–water partition coefficient (Wildman–Crippen LogP) is 7.24. The topological polar surface area (TPSA) is 86.8 Å². The lowest BCUT2D eigenvalue weighted by molar-refractivity contribution is -0.140. The Labute approximate surface area is 283 Å². The van der Waals surface area contributed by atoms with Crippen molar-refractivity contribution in [3.05, 3.63) is 130 Å². The van der Waals surface area contributed by atoms with Crippen LogP contribution in [0.4, 0.5) is 5.69 Å². The van der Waals surface area contributed by atoms with Gasteiger partial charge in [-0.2, -0.15) is 0 Å². The highest BCUT2D eigenvalue weighted by atomic mass is 35.5. The van der Waals surface area contributed by atoms with Crippen molar-refractivity contribution in [3.63, 3.8) is 0 Å². The number of halogens is 1. The lowest BCUT2D eigenvalue weighted by Crippen LogP contribution is -2.55. The summed E-state index contributed by atoms with van der Waals surface area (Å²) in [5.74, 6) is -0.770. The van der Waals surface area contributed by atoms with Crippen LogP contribution in [0.2, 0.25) is 5.02 Å². The van der Waals surface area contributed by atoms with Gasteiger partial charge in [0.2, 0.25) is 11.8 Å². The van der Waals surface area contributed by atoms with Crippen molar-refractivity contribution in [3.8, 4) is 0 Å². The molecule has 0 saturated heterocycles. The van der Waals surface area contributed by atoms with Crippen LogP contribution < -0.4 is 9.62 Å². The third-order valence-electron chi connectivity index (χ3n) is 8.63. The molecule has 0 spiro atoms. The maximum atomic E-state index is 14.7. The molecular formula is C38H42ClN3O4S. The summed E-state index contributed by atoms with van der Waals surface area (Å²) < 4.78 is 29.6. The van der Waals surface area contributed by atoms with Crippen LogP contribution >= 0.6 is 11.6 Å². The normalized spacial score (nSPS) is 14.3. The van der Waals surface area contributed by atoms with Crippen molar-refractivity contribution >= 4 is 39.1 Å². The molecular weight excluding hydrogens is 630 g/mol. The molecule has 0 aliphatic heterocycles. The second kappa shape index (κ2) is 15.6. The Morgan fingerprint density at radius 2 is 1.43 bits per heavy atom. The van der Waals surface area contributed by atoms with E-state index in [1.165, 1.54) is 17.0 Å². The Balaban J connectivity index is 1.58. The highest BCUT2D eigenvalue weighted by Gasteiger charge is 2.35. The van der Waals surface area contributed by atoms with Crippen LogP contribution in [0.1, 0.15) is 54.4 Å². The van der Waals surface area contributed by atoms with Gasteiger partial charge in [0.25, 0.3) is 10.0 Å². The van der Waals surface area contributed by atoms with Crippen molar-refractivity contribution in [2.75, 3.05) is 10.8 Å². The minimum absolute atomic E-state index is 0.0250. The average molecular weight is 672 g/mol. The fourth-order valence-corrected chi connectivity index (χ4v) is 7.87. The van der Waals surface area contributed by atoms with Crippen molar-refractivity contribution < 1.29 is 18.0 Å². The van der Waals surface area contributed by atoms with Crippen LogP contribution in [0.5, 0.6) is 0 Å². The first-order chi connectivity index (χ1) is 22.6. The first-order valence-electron chi connectivity index (χ1n) is 16.1. The van der Waals surface area contributed by atoms with E-state index in [0.29, 0.717) is 16.3 Å². The van der Waals surface area contributed by atoms with Gasteiger partial charge in [-0.05, 0) is 79.3 Å². The van der Waals surface area contributed by atoms with Gasteiger partial charge in [0.1, 0.15) is 12.6 Å². The maximum Gasteiger partial charge on any atom is 0.264 e. The van der Waals surface area contributed by atoms with Gasteiger partial charge in [0.05, 0.1) is 10.6 Å². The molecule has 4 aromatic carbocycles. The molecule has 4 aromatic rings. The van der Waals surface area contributed by atoms with E-state index in [-0.39, 0.29) is 29.8 Å². The maximum absolute atomic E-state index is 14.7. The first kappa shape index (κ1) is 34.2. The Kier molecular flexibility index (Phi) is 11.4. The summed E-state index contributed by atoms with van der Waals surface area (Å²) in [6.07, 6.45) is 5.25. The van der Waals surface area contributed by atoms with E-state index in [9.17, 15) is 18.0 Å². The van der Waals surface area contributed by atoms with E-state index in [2.05, 4.69) is 5.32 Å². The summed E-state index contributed by atoms with van der Waals surface area (Å²) in [5.41, 5.74) is 3.65. The Hall–Kier alpha value is -4.14. The monoisotopic (exact) mass is 671 g/mol. The number of hydrogen-bond donors (Lipinski definition) is 1. The number of carbonyl (C=O) groups excluding carboxylic acids is 2. The number of benzene rings is 4. The Morgan fingerprint density at radius 1 is 0.830 bits per heavy atom. The summed E-state index contributed by atoms with van der Waals surface area (Å²) in [7, 11) is -4.17. The number of nitrogens with zero attached hydrogens (tertiary/aromatic N) is 2. The molecule has 0 unspecified atom stereocenters. The molecule has 1 aliphatic rings. The number of rotatable bonds is 12. The molecule has 246 valence electrons. The van der Waals surface area contributed by atoms with Crippen LogP contribution in [-0.4, -0.2) is 43.8 Å². The molecule has 0 aromatic heterocycles. The zero-order valence-corrected chi connectivity index (χ0v) is 28.5. The van der Waals surface area contributed by atoms with Crippen LogP contribution in [-0.2, 0) is 32.6 Å². The van der Waals surface area contributed by atoms with Crippen molar-refractivity contribution in [2.45, 2.75) is 75.9 Å². The fraction of sp³-hybridized carbons (Fsp3) is 0.316. The van der Waals surface area contributed by atoms with Gasteiger partial charge in [-0.15, -0.1) is 0 Å². The molecule has 5 rings (SSSR count). The number of sulfonamides is 1. The van der Waals surface area contributed by atoms with E-state index in [1.807, 2.05) is 68.4 Å². The second-order valence-electron chi connectivity index (χ2n) is 12.3. The van der Waals surface area contributed by atoms with Gasteiger partial charge < -0.3 is 10.2 Å². The van der Waals surface area contributed by atoms with Gasteiger partial charge in [-0.3, -0.25) is 13.9 Å². The molecule has 0 heterocycles. The molecule has 1 N–H and O–H groups in total. The zero-order valence-electron chi connectivity index (χ0n) is 26.9. The summed E-state index contributed by atoms with van der Waals surface area (Å²) in [6, 6.07) is 29.5. The predicted molar refractivity (Wildman–Crippen MR) is 188 cm³/mol. The summed E-state index contributed by atoms with van der Waals surface area (Å²) in [6.45, 7) is 3.30. The fourth-order valence-electron chi connectivity index (χ4n) is 6.25. The van der Waals surface area contributed by atoms with Gasteiger partial charge >= 0.3 is 0 Å². The van der Waals surface area contributed by atoms with Crippen LogP contribution in [0, 0.1) is 13.8 Å². The number of hydrogen-bond acceptors (Lipinski definition) is 4. The molecule has 1 atom stereocenters. The number of nitrogens with one attached hydrogen (secondary N) is 1. The lowest BCUT2D eigenvalue weighted by atomic mass is 9.94. The van der Waals surface area contributed by atoms with Crippen LogP contribution in [0.25, 0.3) is 0 Å². The summed E-state index contributed by atoms with van der Waals surface area (Å²) in [5, 5.41) is 3.69. The molecule has 0 bridgehead atoms. The zero-order chi connectivity index (χ0) is 33.4. The molecule has 1 saturated carbocycles. The summed E-state index contributed by atoms with van der Waals surface area (Å²) in [4.78, 5) is 30.5. The number of amides is 2. The summed E-state index contributed by atoms with van der Waals surface area (Å²) >= 11 is 6.62. The molecule has 1 fully saturated rings. The van der Waals surface area contributed by atoms with Crippen molar-refractivity contribution in [1.82, 2.24) is 10.2 Å². The van der Waals surface area contributed by atoms with E-state index in [4.69, 9.17) is 11.6 Å². The Morgan fingerprint density at radius 3 is 2.06 bits per heavy atom. The number of carbonyl (C=O) groups is 2. The highest BCUT2D eigenvalue weighted by molar-refractivity contribution is 7.92. The molecule has 47 heavy (non-hydrogen) atoms. The third kappa shape index (κ3) is 8.82. The number of aryl methyl sites for hydroxylation is 2. The standard InChI is InChI=1S/C38H42ClN3O4S/c1-28-22-29(2)24-33(23-28)42(47(45,46)34-19-10-5-11-20-34)27-37(43)41(26-31-16-12-13-21-35(31)39)36(25-30-14-6-3-7-15-30)38(44)40-32-17-8-4-9-18-32/h3,5-7,10-16,19-24,32,36H,4,8-9,17-18,25-27H2,1-2H3,(H,40,44)/t36-/m1/s1. The smallest absolute Gasteiger partial charge is 0.264 e. The quantitative estimate of drug-likeness (QED) is 0.172. The first-order valence-corrected chi connectivity index (χ1v) is 18.0. The third-order valence-corrected chi connectivity index (χ3v) is 10.8.